The topological polar surface area (TPSA) is 30.5 Å². The summed E-state index contributed by atoms with van der Waals surface area (Å²) in [6.45, 7) is 5.89. The molecule has 0 aliphatic carbocycles. The first-order valence-corrected chi connectivity index (χ1v) is 7.48. The quantitative estimate of drug-likeness (QED) is 0.800. The molecular weight excluding hydrogens is 286 g/mol. The second-order valence-electron chi connectivity index (χ2n) is 4.51. The summed E-state index contributed by atoms with van der Waals surface area (Å²) in [5, 5.41) is 4.09. The molecule has 0 radical (unpaired) electrons. The van der Waals surface area contributed by atoms with Crippen molar-refractivity contribution < 1.29 is 9.47 Å². The van der Waals surface area contributed by atoms with Gasteiger partial charge >= 0.3 is 0 Å². The summed E-state index contributed by atoms with van der Waals surface area (Å²) in [5.74, 6) is 1.57. The molecule has 0 spiro atoms. The third-order valence-electron chi connectivity index (χ3n) is 2.95. The standard InChI is InChI=1S/C17H20ClNO2/c1-3-20-16-10-5-13(11-17(16)21-4-2)12-19-15-8-6-14(18)7-9-15/h5-11,19H,3-4,12H2,1-2H3. The molecule has 112 valence electrons. The molecule has 0 aliphatic heterocycles. The lowest BCUT2D eigenvalue weighted by Crippen LogP contribution is -2.02. The fourth-order valence-electron chi connectivity index (χ4n) is 1.98. The van der Waals surface area contributed by atoms with Gasteiger partial charge in [0.2, 0.25) is 0 Å². The third-order valence-corrected chi connectivity index (χ3v) is 3.20. The molecule has 0 bridgehead atoms. The molecule has 0 saturated carbocycles. The number of nitrogens with one attached hydrogen (secondary N) is 1. The molecular formula is C17H20ClNO2. The molecule has 0 unspecified atom stereocenters. The van der Waals surface area contributed by atoms with E-state index < -0.39 is 0 Å². The summed E-state index contributed by atoms with van der Waals surface area (Å²) in [7, 11) is 0. The molecule has 0 aliphatic rings. The third kappa shape index (κ3) is 4.57. The number of ether oxygens (including phenoxy) is 2. The van der Waals surface area contributed by atoms with Crippen LogP contribution in [0, 0.1) is 0 Å². The predicted octanol–water partition coefficient (Wildman–Crippen LogP) is 4.75. The highest BCUT2D eigenvalue weighted by atomic mass is 35.5. The van der Waals surface area contributed by atoms with E-state index in [1.54, 1.807) is 0 Å². The van der Waals surface area contributed by atoms with E-state index in [0.29, 0.717) is 19.8 Å². The molecule has 4 heteroatoms. The van der Waals surface area contributed by atoms with Crippen molar-refractivity contribution in [2.75, 3.05) is 18.5 Å². The van der Waals surface area contributed by atoms with E-state index in [9.17, 15) is 0 Å². The van der Waals surface area contributed by atoms with Crippen LogP contribution in [0.1, 0.15) is 19.4 Å². The zero-order valence-corrected chi connectivity index (χ0v) is 13.1. The molecule has 1 N–H and O–H groups in total. The minimum Gasteiger partial charge on any atom is -0.490 e. The van der Waals surface area contributed by atoms with Crippen LogP contribution in [0.15, 0.2) is 42.5 Å². The molecule has 3 nitrogen and oxygen atoms in total. The maximum atomic E-state index is 5.87. The van der Waals surface area contributed by atoms with Gasteiger partial charge in [0.25, 0.3) is 0 Å². The molecule has 0 aromatic heterocycles. The van der Waals surface area contributed by atoms with E-state index in [1.807, 2.05) is 56.3 Å². The van der Waals surface area contributed by atoms with Crippen LogP contribution in [0.5, 0.6) is 11.5 Å². The van der Waals surface area contributed by atoms with Gasteiger partial charge in [0, 0.05) is 17.3 Å². The van der Waals surface area contributed by atoms with Crippen LogP contribution in [0.25, 0.3) is 0 Å². The Hall–Kier alpha value is -1.87. The Labute approximate surface area is 130 Å². The van der Waals surface area contributed by atoms with Crippen molar-refractivity contribution in [3.8, 4) is 11.5 Å². The molecule has 2 aromatic rings. The van der Waals surface area contributed by atoms with Crippen LogP contribution in [0.4, 0.5) is 5.69 Å². The normalized spacial score (nSPS) is 10.2. The molecule has 0 amide bonds. The van der Waals surface area contributed by atoms with E-state index in [2.05, 4.69) is 5.32 Å². The zero-order valence-electron chi connectivity index (χ0n) is 12.4. The number of anilines is 1. The number of hydrogen-bond acceptors (Lipinski definition) is 3. The highest BCUT2D eigenvalue weighted by Gasteiger charge is 2.06. The SMILES string of the molecule is CCOc1ccc(CNc2ccc(Cl)cc2)cc1OCC. The van der Waals surface area contributed by atoms with Crippen molar-refractivity contribution in [1.29, 1.82) is 0 Å². The largest absolute Gasteiger partial charge is 0.490 e. The first-order valence-electron chi connectivity index (χ1n) is 7.11. The Kier molecular flexibility index (Phi) is 5.76. The molecule has 0 atom stereocenters. The van der Waals surface area contributed by atoms with Crippen molar-refractivity contribution in [1.82, 2.24) is 0 Å². The number of halogens is 1. The lowest BCUT2D eigenvalue weighted by Gasteiger charge is -2.13. The first kappa shape index (κ1) is 15.5. The molecule has 21 heavy (non-hydrogen) atoms. The van der Waals surface area contributed by atoms with Crippen LogP contribution in [0.2, 0.25) is 5.02 Å². The second kappa shape index (κ2) is 7.79. The van der Waals surface area contributed by atoms with Gasteiger partial charge in [0.1, 0.15) is 0 Å². The Morgan fingerprint density at radius 3 is 2.24 bits per heavy atom. The monoisotopic (exact) mass is 305 g/mol. The average Bonchev–Trinajstić information content (AvgIpc) is 2.49. The van der Waals surface area contributed by atoms with Gasteiger partial charge in [-0.25, -0.2) is 0 Å². The smallest absolute Gasteiger partial charge is 0.161 e. The Balaban J connectivity index is 2.05. The number of benzene rings is 2. The number of rotatable bonds is 7. The summed E-state index contributed by atoms with van der Waals surface area (Å²) in [4.78, 5) is 0. The predicted molar refractivity (Wildman–Crippen MR) is 87.6 cm³/mol. The Morgan fingerprint density at radius 1 is 0.905 bits per heavy atom. The number of hydrogen-bond donors (Lipinski definition) is 1. The van der Waals surface area contributed by atoms with Gasteiger partial charge in [-0.05, 0) is 55.8 Å². The highest BCUT2D eigenvalue weighted by molar-refractivity contribution is 6.30. The summed E-state index contributed by atoms with van der Waals surface area (Å²) in [6, 6.07) is 13.7. The van der Waals surface area contributed by atoms with Crippen molar-refractivity contribution >= 4 is 17.3 Å². The molecule has 2 aromatic carbocycles. The van der Waals surface area contributed by atoms with Gasteiger partial charge in [-0.15, -0.1) is 0 Å². The molecule has 0 fully saturated rings. The Bertz CT molecular complexity index is 570. The van der Waals surface area contributed by atoms with Crippen LogP contribution in [-0.2, 0) is 6.54 Å². The fraction of sp³-hybridized carbons (Fsp3) is 0.294. The van der Waals surface area contributed by atoms with Gasteiger partial charge in [-0.2, -0.15) is 0 Å². The fourth-order valence-corrected chi connectivity index (χ4v) is 2.10. The molecule has 2 rings (SSSR count). The van der Waals surface area contributed by atoms with Gasteiger partial charge in [-0.1, -0.05) is 17.7 Å². The highest BCUT2D eigenvalue weighted by Crippen LogP contribution is 2.28. The maximum Gasteiger partial charge on any atom is 0.161 e. The zero-order chi connectivity index (χ0) is 15.1. The Morgan fingerprint density at radius 2 is 1.57 bits per heavy atom. The van der Waals surface area contributed by atoms with E-state index in [1.165, 1.54) is 0 Å². The molecule has 0 heterocycles. The first-order chi connectivity index (χ1) is 10.2. The maximum absolute atomic E-state index is 5.87. The minimum atomic E-state index is 0.619. The van der Waals surface area contributed by atoms with Gasteiger partial charge in [-0.3, -0.25) is 0 Å². The van der Waals surface area contributed by atoms with Crippen molar-refractivity contribution in [3.05, 3.63) is 53.1 Å². The summed E-state index contributed by atoms with van der Waals surface area (Å²) >= 11 is 5.87. The summed E-state index contributed by atoms with van der Waals surface area (Å²) in [6.07, 6.45) is 0. The summed E-state index contributed by atoms with van der Waals surface area (Å²) in [5.41, 5.74) is 2.17. The molecule has 0 saturated heterocycles. The van der Waals surface area contributed by atoms with Crippen LogP contribution >= 0.6 is 11.6 Å². The second-order valence-corrected chi connectivity index (χ2v) is 4.94. The van der Waals surface area contributed by atoms with Crippen molar-refractivity contribution in [3.63, 3.8) is 0 Å². The van der Waals surface area contributed by atoms with Crippen LogP contribution < -0.4 is 14.8 Å². The van der Waals surface area contributed by atoms with Crippen molar-refractivity contribution in [2.24, 2.45) is 0 Å². The lowest BCUT2D eigenvalue weighted by molar-refractivity contribution is 0.287. The van der Waals surface area contributed by atoms with Gasteiger partial charge in [0.05, 0.1) is 13.2 Å². The summed E-state index contributed by atoms with van der Waals surface area (Å²) < 4.78 is 11.2. The average molecular weight is 306 g/mol. The van der Waals surface area contributed by atoms with Crippen LogP contribution in [-0.4, -0.2) is 13.2 Å². The van der Waals surface area contributed by atoms with Crippen LogP contribution in [0.3, 0.4) is 0 Å². The van der Waals surface area contributed by atoms with E-state index in [4.69, 9.17) is 21.1 Å². The van der Waals surface area contributed by atoms with Crippen molar-refractivity contribution in [2.45, 2.75) is 20.4 Å². The minimum absolute atomic E-state index is 0.619. The van der Waals surface area contributed by atoms with E-state index in [0.717, 1.165) is 27.8 Å². The lowest BCUT2D eigenvalue weighted by atomic mass is 10.2. The van der Waals surface area contributed by atoms with E-state index >= 15 is 0 Å². The van der Waals surface area contributed by atoms with Gasteiger partial charge < -0.3 is 14.8 Å². The van der Waals surface area contributed by atoms with Gasteiger partial charge in [0.15, 0.2) is 11.5 Å². The van der Waals surface area contributed by atoms with E-state index in [-0.39, 0.29) is 0 Å².